The van der Waals surface area contributed by atoms with Crippen molar-refractivity contribution >= 4 is 29.3 Å². The van der Waals surface area contributed by atoms with Crippen LogP contribution in [0.15, 0.2) is 30.5 Å². The zero-order valence-corrected chi connectivity index (χ0v) is 15.3. The molecule has 0 saturated carbocycles. The van der Waals surface area contributed by atoms with E-state index in [1.165, 1.54) is 6.20 Å². The Hall–Kier alpha value is -3.20. The van der Waals surface area contributed by atoms with Gasteiger partial charge in [0.1, 0.15) is 11.4 Å². The van der Waals surface area contributed by atoms with E-state index in [-0.39, 0.29) is 5.91 Å². The van der Waals surface area contributed by atoms with E-state index in [1.54, 1.807) is 24.3 Å². The summed E-state index contributed by atoms with van der Waals surface area (Å²) in [5.41, 5.74) is 12.2. The minimum Gasteiger partial charge on any atom is -0.369 e. The van der Waals surface area contributed by atoms with E-state index in [0.29, 0.717) is 54.6 Å². The fourth-order valence-electron chi connectivity index (χ4n) is 2.23. The maximum Gasteiger partial charge on any atom is 0.256 e. The van der Waals surface area contributed by atoms with Crippen LogP contribution in [0.1, 0.15) is 40.5 Å². The number of aromatic nitrogens is 2. The maximum atomic E-state index is 12.3. The maximum absolute atomic E-state index is 12.3. The fourth-order valence-corrected chi connectivity index (χ4v) is 2.23. The highest BCUT2D eigenvalue weighted by Gasteiger charge is 2.14. The van der Waals surface area contributed by atoms with E-state index in [0.717, 1.165) is 6.42 Å². The quantitative estimate of drug-likeness (QED) is 0.394. The number of nitrogens with two attached hydrogens (primary N) is 2. The van der Waals surface area contributed by atoms with Gasteiger partial charge >= 0.3 is 0 Å². The highest BCUT2D eigenvalue weighted by molar-refractivity contribution is 5.98. The molecule has 2 rings (SSSR count). The van der Waals surface area contributed by atoms with Crippen LogP contribution in [0.4, 0.5) is 17.5 Å². The number of nitrogens with one attached hydrogen (secondary N) is 3. The molecular formula is C18H25N7O2. The van der Waals surface area contributed by atoms with Gasteiger partial charge in [-0.15, -0.1) is 0 Å². The average Bonchev–Trinajstić information content (AvgIpc) is 2.67. The minimum absolute atomic E-state index is 0.251. The molecule has 2 amide bonds. The average molecular weight is 371 g/mol. The number of anilines is 3. The molecule has 0 aliphatic rings. The number of amides is 2. The van der Waals surface area contributed by atoms with E-state index < -0.39 is 5.91 Å². The summed E-state index contributed by atoms with van der Waals surface area (Å²) < 4.78 is 0. The monoisotopic (exact) mass is 371 g/mol. The van der Waals surface area contributed by atoms with E-state index >= 15 is 0 Å². The predicted molar refractivity (Wildman–Crippen MR) is 105 cm³/mol. The van der Waals surface area contributed by atoms with Crippen LogP contribution in [0, 0.1) is 0 Å². The smallest absolute Gasteiger partial charge is 0.256 e. The highest BCUT2D eigenvalue weighted by Crippen LogP contribution is 2.18. The number of carbonyl (C=O) groups excluding carboxylic acids is 2. The lowest BCUT2D eigenvalue weighted by atomic mass is 10.2. The molecule has 1 heterocycles. The summed E-state index contributed by atoms with van der Waals surface area (Å²) in [7, 11) is 0. The van der Waals surface area contributed by atoms with Crippen LogP contribution in [-0.2, 0) is 0 Å². The lowest BCUT2D eigenvalue weighted by molar-refractivity contribution is 0.0952. The number of carbonyl (C=O) groups is 2. The molecule has 9 nitrogen and oxygen atoms in total. The first-order valence-electron chi connectivity index (χ1n) is 8.81. The zero-order valence-electron chi connectivity index (χ0n) is 15.3. The Labute approximate surface area is 157 Å². The Kier molecular flexibility index (Phi) is 7.50. The minimum atomic E-state index is -0.492. The molecule has 0 aliphatic heterocycles. The van der Waals surface area contributed by atoms with Gasteiger partial charge in [-0.2, -0.15) is 4.98 Å². The van der Waals surface area contributed by atoms with Gasteiger partial charge in [-0.1, -0.05) is 6.92 Å². The van der Waals surface area contributed by atoms with Crippen molar-refractivity contribution in [3.05, 3.63) is 41.6 Å². The summed E-state index contributed by atoms with van der Waals surface area (Å²) in [5.74, 6) is 0.0422. The number of primary amides is 1. The first kappa shape index (κ1) is 20.1. The predicted octanol–water partition coefficient (Wildman–Crippen LogP) is 1.22. The molecule has 1 aromatic carbocycles. The van der Waals surface area contributed by atoms with Crippen LogP contribution >= 0.6 is 0 Å². The van der Waals surface area contributed by atoms with Gasteiger partial charge in [0.05, 0.1) is 0 Å². The summed E-state index contributed by atoms with van der Waals surface area (Å²) in [6, 6.07) is 6.63. The Morgan fingerprint density at radius 3 is 2.52 bits per heavy atom. The second-order valence-electron chi connectivity index (χ2n) is 5.85. The zero-order chi connectivity index (χ0) is 19.6. The molecule has 0 unspecified atom stereocenters. The molecule has 0 saturated heterocycles. The van der Waals surface area contributed by atoms with E-state index in [1.807, 2.05) is 6.92 Å². The highest BCUT2D eigenvalue weighted by atomic mass is 16.2. The van der Waals surface area contributed by atoms with Crippen LogP contribution in [0.25, 0.3) is 0 Å². The molecule has 1 aromatic heterocycles. The Morgan fingerprint density at radius 2 is 1.89 bits per heavy atom. The van der Waals surface area contributed by atoms with E-state index in [4.69, 9.17) is 11.5 Å². The van der Waals surface area contributed by atoms with Crippen LogP contribution in [0.5, 0.6) is 0 Å². The van der Waals surface area contributed by atoms with Crippen molar-refractivity contribution in [2.75, 3.05) is 30.3 Å². The number of rotatable bonds is 10. The SMILES string of the molecule is CCCNc1nc(Nc2ccc(C(N)=O)cc2)ncc1C(=O)NCCCN. The Bertz CT molecular complexity index is 778. The van der Waals surface area contributed by atoms with Crippen LogP contribution in [0.3, 0.4) is 0 Å². The van der Waals surface area contributed by atoms with Gasteiger partial charge < -0.3 is 27.4 Å². The van der Waals surface area contributed by atoms with Crippen molar-refractivity contribution in [1.82, 2.24) is 15.3 Å². The summed E-state index contributed by atoms with van der Waals surface area (Å²) in [6.07, 6.45) is 3.06. The third kappa shape index (κ3) is 5.93. The van der Waals surface area contributed by atoms with Gasteiger partial charge in [0.2, 0.25) is 11.9 Å². The van der Waals surface area contributed by atoms with Gasteiger partial charge in [0.25, 0.3) is 5.91 Å². The van der Waals surface area contributed by atoms with Crippen LogP contribution in [-0.4, -0.2) is 41.4 Å². The first-order chi connectivity index (χ1) is 13.0. The second kappa shape index (κ2) is 10.1. The third-order valence-electron chi connectivity index (χ3n) is 3.67. The molecular weight excluding hydrogens is 346 g/mol. The molecule has 0 aliphatic carbocycles. The molecule has 0 atom stereocenters. The van der Waals surface area contributed by atoms with Crippen molar-refractivity contribution in [2.24, 2.45) is 11.5 Å². The molecule has 0 radical (unpaired) electrons. The third-order valence-corrected chi connectivity index (χ3v) is 3.67. The molecule has 0 bridgehead atoms. The fraction of sp³-hybridized carbons (Fsp3) is 0.333. The van der Waals surface area contributed by atoms with Crippen molar-refractivity contribution in [1.29, 1.82) is 0 Å². The molecule has 7 N–H and O–H groups in total. The number of hydrogen-bond acceptors (Lipinski definition) is 7. The summed E-state index contributed by atoms with van der Waals surface area (Å²) >= 11 is 0. The molecule has 2 aromatic rings. The standard InChI is InChI=1S/C18H25N7O2/c1-2-9-21-16-14(17(27)22-10-3-8-19)11-23-18(25-16)24-13-6-4-12(5-7-13)15(20)26/h4-7,11H,2-3,8-10,19H2,1H3,(H2,20,26)(H,22,27)(H2,21,23,24,25). The van der Waals surface area contributed by atoms with Crippen LogP contribution < -0.4 is 27.4 Å². The molecule has 27 heavy (non-hydrogen) atoms. The Morgan fingerprint density at radius 1 is 1.15 bits per heavy atom. The largest absolute Gasteiger partial charge is 0.369 e. The summed E-state index contributed by atoms with van der Waals surface area (Å²) in [5, 5.41) is 8.99. The number of nitrogens with zero attached hydrogens (tertiary/aromatic N) is 2. The number of benzene rings is 1. The summed E-state index contributed by atoms with van der Waals surface area (Å²) in [6.45, 7) is 3.70. The molecule has 9 heteroatoms. The molecule has 144 valence electrons. The first-order valence-corrected chi connectivity index (χ1v) is 8.81. The number of hydrogen-bond donors (Lipinski definition) is 5. The van der Waals surface area contributed by atoms with Gasteiger partial charge in [0.15, 0.2) is 0 Å². The lowest BCUT2D eigenvalue weighted by Gasteiger charge is -2.13. The van der Waals surface area contributed by atoms with Gasteiger partial charge in [-0.05, 0) is 43.7 Å². The van der Waals surface area contributed by atoms with E-state index in [2.05, 4.69) is 25.9 Å². The lowest BCUT2D eigenvalue weighted by Crippen LogP contribution is -2.27. The van der Waals surface area contributed by atoms with Crippen molar-refractivity contribution in [3.63, 3.8) is 0 Å². The van der Waals surface area contributed by atoms with Crippen molar-refractivity contribution < 1.29 is 9.59 Å². The molecule has 0 spiro atoms. The van der Waals surface area contributed by atoms with Gasteiger partial charge in [0, 0.05) is 30.5 Å². The topological polar surface area (TPSA) is 148 Å². The summed E-state index contributed by atoms with van der Waals surface area (Å²) in [4.78, 5) is 32.1. The van der Waals surface area contributed by atoms with Gasteiger partial charge in [-0.3, -0.25) is 9.59 Å². The van der Waals surface area contributed by atoms with Crippen molar-refractivity contribution in [3.8, 4) is 0 Å². The second-order valence-corrected chi connectivity index (χ2v) is 5.85. The normalized spacial score (nSPS) is 10.3. The van der Waals surface area contributed by atoms with Crippen molar-refractivity contribution in [2.45, 2.75) is 19.8 Å². The Balaban J connectivity index is 2.17. The van der Waals surface area contributed by atoms with E-state index in [9.17, 15) is 9.59 Å². The molecule has 0 fully saturated rings. The van der Waals surface area contributed by atoms with Gasteiger partial charge in [-0.25, -0.2) is 4.98 Å². The van der Waals surface area contributed by atoms with Crippen LogP contribution in [0.2, 0.25) is 0 Å².